The van der Waals surface area contributed by atoms with E-state index in [9.17, 15) is 0 Å². The van der Waals surface area contributed by atoms with Gasteiger partial charge in [0.2, 0.25) is 0 Å². The van der Waals surface area contributed by atoms with Gasteiger partial charge in [0.1, 0.15) is 11.6 Å². The molecule has 0 amide bonds. The highest BCUT2D eigenvalue weighted by molar-refractivity contribution is 6.37. The molecule has 0 aliphatic heterocycles. The number of hydrogen-bond donors (Lipinski definition) is 1. The summed E-state index contributed by atoms with van der Waals surface area (Å²) in [6, 6.07) is 3.77. The maximum absolute atomic E-state index is 8.58. The molecule has 1 aromatic rings. The largest absolute Gasteiger partial charge is 0.369 e. The Balaban J connectivity index is 2.93. The van der Waals surface area contributed by atoms with Crippen LogP contribution < -0.4 is 10.2 Å². The molecule has 18 heavy (non-hydrogen) atoms. The van der Waals surface area contributed by atoms with Crippen LogP contribution in [0.1, 0.15) is 19.8 Å². The number of pyridine rings is 1. The second kappa shape index (κ2) is 7.30. The predicted octanol–water partition coefficient (Wildman–Crippen LogP) is 3.56. The van der Waals surface area contributed by atoms with Gasteiger partial charge in [-0.25, -0.2) is 4.98 Å². The van der Waals surface area contributed by atoms with Crippen LogP contribution in [-0.4, -0.2) is 25.1 Å². The minimum absolute atomic E-state index is 0.425. The predicted molar refractivity (Wildman–Crippen MR) is 76.5 cm³/mol. The minimum atomic E-state index is 0.425. The number of nitriles is 1. The van der Waals surface area contributed by atoms with Crippen LogP contribution in [0, 0.1) is 11.3 Å². The van der Waals surface area contributed by atoms with E-state index in [0.717, 1.165) is 13.0 Å². The first kappa shape index (κ1) is 14.9. The Morgan fingerprint density at radius 3 is 2.78 bits per heavy atom. The van der Waals surface area contributed by atoms with E-state index in [0.29, 0.717) is 34.6 Å². The van der Waals surface area contributed by atoms with E-state index in [1.165, 1.54) is 0 Å². The molecule has 0 spiro atoms. The summed E-state index contributed by atoms with van der Waals surface area (Å²) in [5, 5.41) is 12.7. The third-order valence-electron chi connectivity index (χ3n) is 2.37. The molecule has 0 unspecified atom stereocenters. The standard InChI is InChI=1S/C12H16Cl2N4/c1-3-6-16-11-9(13)8-10(14)12(17-11)18(2)7-4-5-15/h8H,3-4,6-7H2,1-2H3,(H,16,17). The lowest BCUT2D eigenvalue weighted by molar-refractivity contribution is 0.882. The van der Waals surface area contributed by atoms with E-state index in [-0.39, 0.29) is 0 Å². The van der Waals surface area contributed by atoms with Crippen LogP contribution in [0.15, 0.2) is 6.07 Å². The maximum Gasteiger partial charge on any atom is 0.149 e. The van der Waals surface area contributed by atoms with Crippen LogP contribution in [0.2, 0.25) is 10.0 Å². The average Bonchev–Trinajstić information content (AvgIpc) is 2.35. The number of nitrogens with one attached hydrogen (secondary N) is 1. The van der Waals surface area contributed by atoms with Crippen LogP contribution in [0.4, 0.5) is 11.6 Å². The molecule has 0 aromatic carbocycles. The van der Waals surface area contributed by atoms with Gasteiger partial charge in [-0.1, -0.05) is 30.1 Å². The van der Waals surface area contributed by atoms with Gasteiger partial charge < -0.3 is 10.2 Å². The fourth-order valence-corrected chi connectivity index (χ4v) is 1.99. The van der Waals surface area contributed by atoms with Crippen LogP contribution in [-0.2, 0) is 0 Å². The molecule has 1 aromatic heterocycles. The van der Waals surface area contributed by atoms with Crippen molar-refractivity contribution in [3.8, 4) is 6.07 Å². The molecule has 6 heteroatoms. The van der Waals surface area contributed by atoms with E-state index < -0.39 is 0 Å². The summed E-state index contributed by atoms with van der Waals surface area (Å²) >= 11 is 12.2. The molecule has 0 bridgehead atoms. The van der Waals surface area contributed by atoms with Crippen molar-refractivity contribution < 1.29 is 0 Å². The monoisotopic (exact) mass is 286 g/mol. The van der Waals surface area contributed by atoms with Crippen molar-refractivity contribution in [1.82, 2.24) is 4.98 Å². The molecule has 0 aliphatic carbocycles. The summed E-state index contributed by atoms with van der Waals surface area (Å²) < 4.78 is 0. The van der Waals surface area contributed by atoms with Gasteiger partial charge in [0.05, 0.1) is 22.5 Å². The van der Waals surface area contributed by atoms with Crippen molar-refractivity contribution in [3.05, 3.63) is 16.1 Å². The highest BCUT2D eigenvalue weighted by Crippen LogP contribution is 2.30. The second-order valence-corrected chi connectivity index (χ2v) is 4.70. The van der Waals surface area contributed by atoms with Gasteiger partial charge in [0, 0.05) is 20.1 Å². The third kappa shape index (κ3) is 3.94. The highest BCUT2D eigenvalue weighted by atomic mass is 35.5. The summed E-state index contributed by atoms with van der Waals surface area (Å²) in [5.41, 5.74) is 0. The lowest BCUT2D eigenvalue weighted by atomic mass is 10.3. The van der Waals surface area contributed by atoms with Gasteiger partial charge in [-0.05, 0) is 12.5 Å². The number of hydrogen-bond acceptors (Lipinski definition) is 4. The zero-order chi connectivity index (χ0) is 13.5. The molecule has 0 aliphatic rings. The normalized spacial score (nSPS) is 9.94. The van der Waals surface area contributed by atoms with Crippen molar-refractivity contribution in [1.29, 1.82) is 5.26 Å². The van der Waals surface area contributed by atoms with Gasteiger partial charge >= 0.3 is 0 Å². The summed E-state index contributed by atoms with van der Waals surface area (Å²) in [7, 11) is 1.85. The summed E-state index contributed by atoms with van der Waals surface area (Å²) in [6.07, 6.45) is 1.41. The molecule has 1 rings (SSSR count). The van der Waals surface area contributed by atoms with Gasteiger partial charge in [-0.15, -0.1) is 0 Å². The quantitative estimate of drug-likeness (QED) is 0.869. The summed E-state index contributed by atoms with van der Waals surface area (Å²) in [6.45, 7) is 3.45. The third-order valence-corrected chi connectivity index (χ3v) is 2.94. The first-order valence-corrected chi connectivity index (χ1v) is 6.53. The average molecular weight is 287 g/mol. The molecular formula is C12H16Cl2N4. The van der Waals surface area contributed by atoms with Crippen molar-refractivity contribution in [2.75, 3.05) is 30.4 Å². The minimum Gasteiger partial charge on any atom is -0.369 e. The number of rotatable bonds is 6. The fourth-order valence-electron chi connectivity index (χ4n) is 1.42. The van der Waals surface area contributed by atoms with Crippen LogP contribution in [0.5, 0.6) is 0 Å². The van der Waals surface area contributed by atoms with Gasteiger partial charge in [-0.2, -0.15) is 5.26 Å². The molecule has 0 saturated carbocycles. The second-order valence-electron chi connectivity index (χ2n) is 3.88. The molecule has 0 saturated heterocycles. The highest BCUT2D eigenvalue weighted by Gasteiger charge is 2.12. The van der Waals surface area contributed by atoms with Crippen LogP contribution >= 0.6 is 23.2 Å². The first-order valence-electron chi connectivity index (χ1n) is 5.78. The fraction of sp³-hybridized carbons (Fsp3) is 0.500. The lowest BCUT2D eigenvalue weighted by Crippen LogP contribution is -2.20. The molecule has 1 N–H and O–H groups in total. The molecule has 0 atom stereocenters. The number of anilines is 2. The first-order chi connectivity index (χ1) is 8.60. The van der Waals surface area contributed by atoms with Crippen molar-refractivity contribution in [2.24, 2.45) is 0 Å². The summed E-state index contributed by atoms with van der Waals surface area (Å²) in [5.74, 6) is 1.26. The zero-order valence-corrected chi connectivity index (χ0v) is 12.0. The SMILES string of the molecule is CCCNc1nc(N(C)CCC#N)c(Cl)cc1Cl. The van der Waals surface area contributed by atoms with Gasteiger partial charge in [0.15, 0.2) is 0 Å². The molecule has 0 radical (unpaired) electrons. The summed E-state index contributed by atoms with van der Waals surface area (Å²) in [4.78, 5) is 6.25. The number of aromatic nitrogens is 1. The zero-order valence-electron chi connectivity index (χ0n) is 10.5. The van der Waals surface area contributed by atoms with Gasteiger partial charge in [-0.3, -0.25) is 0 Å². The van der Waals surface area contributed by atoms with E-state index in [4.69, 9.17) is 28.5 Å². The Bertz CT molecular complexity index is 442. The van der Waals surface area contributed by atoms with E-state index in [1.807, 2.05) is 11.9 Å². The number of halogens is 2. The van der Waals surface area contributed by atoms with Crippen LogP contribution in [0.25, 0.3) is 0 Å². The van der Waals surface area contributed by atoms with Gasteiger partial charge in [0.25, 0.3) is 0 Å². The lowest BCUT2D eigenvalue weighted by Gasteiger charge is -2.19. The Labute approximate surface area is 118 Å². The Hall–Kier alpha value is -1.18. The molecule has 4 nitrogen and oxygen atoms in total. The topological polar surface area (TPSA) is 52.0 Å². The Morgan fingerprint density at radius 2 is 2.17 bits per heavy atom. The van der Waals surface area contributed by atoms with Crippen molar-refractivity contribution >= 4 is 34.8 Å². The molecule has 98 valence electrons. The molecular weight excluding hydrogens is 271 g/mol. The van der Waals surface area contributed by atoms with E-state index in [1.54, 1.807) is 6.07 Å². The maximum atomic E-state index is 8.58. The Morgan fingerprint density at radius 1 is 1.44 bits per heavy atom. The Kier molecular flexibility index (Phi) is 6.03. The van der Waals surface area contributed by atoms with Crippen molar-refractivity contribution in [3.63, 3.8) is 0 Å². The van der Waals surface area contributed by atoms with E-state index >= 15 is 0 Å². The van der Waals surface area contributed by atoms with E-state index in [2.05, 4.69) is 23.3 Å². The van der Waals surface area contributed by atoms with Crippen LogP contribution in [0.3, 0.4) is 0 Å². The smallest absolute Gasteiger partial charge is 0.149 e. The van der Waals surface area contributed by atoms with Crippen molar-refractivity contribution in [2.45, 2.75) is 19.8 Å². The molecule has 1 heterocycles. The number of nitrogens with zero attached hydrogens (tertiary/aromatic N) is 3. The molecule has 0 fully saturated rings.